The van der Waals surface area contributed by atoms with E-state index in [1.165, 1.54) is 10.8 Å². The number of nitrogens with one attached hydrogen (secondary N) is 1. The lowest BCUT2D eigenvalue weighted by atomic mass is 9.93. The first-order valence-electron chi connectivity index (χ1n) is 8.40. The van der Waals surface area contributed by atoms with Crippen LogP contribution in [0.3, 0.4) is 0 Å². The maximum absolute atomic E-state index is 12.5. The molecule has 24 heavy (non-hydrogen) atoms. The lowest BCUT2D eigenvalue weighted by molar-refractivity contribution is -0.0809. The molecule has 1 radical (unpaired) electrons. The number of aryl methyl sites for hydroxylation is 1. The largest absolute Gasteiger partial charge is 0.394 e. The van der Waals surface area contributed by atoms with Gasteiger partial charge in [0.25, 0.3) is 5.56 Å². The lowest BCUT2D eigenvalue weighted by Crippen LogP contribution is -2.56. The zero-order chi connectivity index (χ0) is 18.1. The standard InChI is InChI=1S/C16H27N2O5Si/c1-5-6-7-11-13(20)12(9-19)23-16(11,24(3)4)18-8-10(2)14(21)17-15(18)22/h8,11-13,19-20H,5-7,9H2,1-4H3,(H,17,21,22)/t11?,12-,13+,16+/m1/s1. The highest BCUT2D eigenvalue weighted by Gasteiger charge is 2.57. The molecule has 3 N–H and O–H groups in total. The fourth-order valence-electron chi connectivity index (χ4n) is 3.59. The Morgan fingerprint density at radius 1 is 1.42 bits per heavy atom. The molecule has 1 aliphatic rings. The number of nitrogens with zero attached hydrogens (tertiary/aromatic N) is 1. The third-order valence-electron chi connectivity index (χ3n) is 4.87. The third kappa shape index (κ3) is 3.03. The molecule has 1 aromatic rings. The molecule has 1 saturated heterocycles. The molecule has 0 saturated carbocycles. The number of aromatic amines is 1. The van der Waals surface area contributed by atoms with Crippen LogP contribution in [-0.4, -0.2) is 47.4 Å². The van der Waals surface area contributed by atoms with E-state index < -0.39 is 37.6 Å². The van der Waals surface area contributed by atoms with Crippen molar-refractivity contribution in [2.45, 2.75) is 63.8 Å². The Hall–Kier alpha value is -1.22. The van der Waals surface area contributed by atoms with Crippen LogP contribution in [-0.2, 0) is 10.1 Å². The van der Waals surface area contributed by atoms with Gasteiger partial charge in [0.1, 0.15) is 20.2 Å². The molecule has 1 aliphatic heterocycles. The van der Waals surface area contributed by atoms with Crippen molar-refractivity contribution in [3.05, 3.63) is 32.6 Å². The minimum Gasteiger partial charge on any atom is -0.394 e. The van der Waals surface area contributed by atoms with E-state index >= 15 is 0 Å². The van der Waals surface area contributed by atoms with Crippen LogP contribution < -0.4 is 11.2 Å². The zero-order valence-corrected chi connectivity index (χ0v) is 15.7. The zero-order valence-electron chi connectivity index (χ0n) is 14.7. The molecule has 0 bridgehead atoms. The molecule has 2 rings (SSSR count). The maximum Gasteiger partial charge on any atom is 0.330 e. The van der Waals surface area contributed by atoms with Crippen LogP contribution in [0.4, 0.5) is 0 Å². The van der Waals surface area contributed by atoms with Crippen molar-refractivity contribution < 1.29 is 14.9 Å². The molecule has 1 fully saturated rings. The van der Waals surface area contributed by atoms with Gasteiger partial charge in [-0.2, -0.15) is 0 Å². The summed E-state index contributed by atoms with van der Waals surface area (Å²) in [5, 5.41) is 19.3. The van der Waals surface area contributed by atoms with Gasteiger partial charge >= 0.3 is 5.69 Å². The van der Waals surface area contributed by atoms with E-state index in [1.807, 2.05) is 13.1 Å². The molecular formula is C16H27N2O5Si. The number of aromatic nitrogens is 2. The molecular weight excluding hydrogens is 328 g/mol. The summed E-state index contributed by atoms with van der Waals surface area (Å²) in [4.78, 5) is 26.6. The summed E-state index contributed by atoms with van der Waals surface area (Å²) in [6.07, 6.45) is 2.47. The van der Waals surface area contributed by atoms with Crippen molar-refractivity contribution in [2.24, 2.45) is 5.92 Å². The van der Waals surface area contributed by atoms with Crippen LogP contribution in [0.5, 0.6) is 0 Å². The van der Waals surface area contributed by atoms with Gasteiger partial charge in [-0.05, 0) is 13.3 Å². The number of H-pyrrole nitrogens is 1. The summed E-state index contributed by atoms with van der Waals surface area (Å²) in [7, 11) is -1.28. The van der Waals surface area contributed by atoms with Gasteiger partial charge < -0.3 is 14.9 Å². The molecule has 8 heteroatoms. The summed E-state index contributed by atoms with van der Waals surface area (Å²) < 4.78 is 7.57. The van der Waals surface area contributed by atoms with E-state index in [-0.39, 0.29) is 12.5 Å². The van der Waals surface area contributed by atoms with Gasteiger partial charge in [-0.1, -0.05) is 32.9 Å². The van der Waals surface area contributed by atoms with Gasteiger partial charge in [-0.25, -0.2) is 4.79 Å². The van der Waals surface area contributed by atoms with E-state index in [4.69, 9.17) is 4.74 Å². The SMILES string of the molecule is CCCCC1[C@H](O)[C@@H](CO)O[C@]1(n1cc(C)c(=O)[nH]c1=O)[Si](C)C. The van der Waals surface area contributed by atoms with Crippen molar-refractivity contribution in [1.29, 1.82) is 0 Å². The van der Waals surface area contributed by atoms with Gasteiger partial charge in [-0.15, -0.1) is 0 Å². The number of aliphatic hydroxyl groups is 2. The Morgan fingerprint density at radius 2 is 2.08 bits per heavy atom. The summed E-state index contributed by atoms with van der Waals surface area (Å²) in [6.45, 7) is 7.42. The van der Waals surface area contributed by atoms with E-state index in [0.717, 1.165) is 12.8 Å². The first kappa shape index (κ1) is 19.1. The van der Waals surface area contributed by atoms with Crippen LogP contribution >= 0.6 is 0 Å². The topological polar surface area (TPSA) is 105 Å². The number of aliphatic hydroxyl groups excluding tert-OH is 2. The number of hydrogen-bond acceptors (Lipinski definition) is 5. The smallest absolute Gasteiger partial charge is 0.330 e. The monoisotopic (exact) mass is 355 g/mol. The van der Waals surface area contributed by atoms with Crippen molar-refractivity contribution in [1.82, 2.24) is 9.55 Å². The Labute approximate surface area is 142 Å². The first-order valence-corrected chi connectivity index (χ1v) is 10.9. The Kier molecular flexibility index (Phi) is 5.85. The fourth-order valence-corrected chi connectivity index (χ4v) is 5.68. The van der Waals surface area contributed by atoms with Gasteiger partial charge in [0.15, 0.2) is 0 Å². The second kappa shape index (κ2) is 7.34. The Morgan fingerprint density at radius 3 is 2.62 bits per heavy atom. The second-order valence-electron chi connectivity index (χ2n) is 6.72. The summed E-state index contributed by atoms with van der Waals surface area (Å²) in [6, 6.07) is 0. The number of unbranched alkanes of at least 4 members (excludes halogenated alkanes) is 1. The van der Waals surface area contributed by atoms with E-state index in [9.17, 15) is 19.8 Å². The number of hydrogen-bond donors (Lipinski definition) is 3. The minimum atomic E-state index is -1.28. The van der Waals surface area contributed by atoms with Crippen LogP contribution in [0, 0.1) is 12.8 Å². The Bertz CT molecular complexity index is 686. The predicted molar refractivity (Wildman–Crippen MR) is 92.5 cm³/mol. The molecule has 7 nitrogen and oxygen atoms in total. The van der Waals surface area contributed by atoms with Crippen molar-refractivity contribution in [2.75, 3.05) is 6.61 Å². The molecule has 0 aliphatic carbocycles. The molecule has 0 amide bonds. The summed E-state index contributed by atoms with van der Waals surface area (Å²) in [5.74, 6) is -0.304. The highest BCUT2D eigenvalue weighted by atomic mass is 28.3. The molecule has 1 unspecified atom stereocenters. The average molecular weight is 355 g/mol. The number of ether oxygens (including phenoxy) is 1. The van der Waals surface area contributed by atoms with E-state index in [0.29, 0.717) is 12.0 Å². The summed E-state index contributed by atoms with van der Waals surface area (Å²) >= 11 is 0. The van der Waals surface area contributed by atoms with E-state index in [1.54, 1.807) is 6.92 Å². The predicted octanol–water partition coefficient (Wildman–Crippen LogP) is 0.350. The Balaban J connectivity index is 2.66. The molecule has 0 spiro atoms. The molecule has 135 valence electrons. The van der Waals surface area contributed by atoms with E-state index in [2.05, 4.69) is 11.9 Å². The van der Waals surface area contributed by atoms with Gasteiger partial charge in [0.2, 0.25) is 0 Å². The lowest BCUT2D eigenvalue weighted by Gasteiger charge is -2.39. The average Bonchev–Trinajstić information content (AvgIpc) is 2.82. The van der Waals surface area contributed by atoms with Crippen LogP contribution in [0.15, 0.2) is 15.8 Å². The molecule has 1 aromatic heterocycles. The second-order valence-corrected chi connectivity index (χ2v) is 9.43. The van der Waals surface area contributed by atoms with Crippen LogP contribution in [0.2, 0.25) is 13.1 Å². The van der Waals surface area contributed by atoms with Gasteiger partial charge in [0, 0.05) is 17.7 Å². The highest BCUT2D eigenvalue weighted by Crippen LogP contribution is 2.44. The molecule has 0 aromatic carbocycles. The van der Waals surface area contributed by atoms with Crippen LogP contribution in [0.25, 0.3) is 0 Å². The molecule has 4 atom stereocenters. The number of rotatable bonds is 6. The van der Waals surface area contributed by atoms with Gasteiger partial charge in [-0.3, -0.25) is 14.3 Å². The fraction of sp³-hybridized carbons (Fsp3) is 0.750. The maximum atomic E-state index is 12.5. The van der Waals surface area contributed by atoms with Gasteiger partial charge in [0.05, 0.1) is 12.7 Å². The van der Waals surface area contributed by atoms with Crippen molar-refractivity contribution in [3.63, 3.8) is 0 Å². The third-order valence-corrected chi connectivity index (χ3v) is 7.03. The van der Waals surface area contributed by atoms with Crippen LogP contribution in [0.1, 0.15) is 31.7 Å². The van der Waals surface area contributed by atoms with Crippen molar-refractivity contribution >= 4 is 8.80 Å². The normalized spacial score (nSPS) is 30.2. The minimum absolute atomic E-state index is 0.304. The molecule has 2 heterocycles. The van der Waals surface area contributed by atoms with Crippen molar-refractivity contribution in [3.8, 4) is 0 Å². The highest BCUT2D eigenvalue weighted by molar-refractivity contribution is 6.58. The quantitative estimate of drug-likeness (QED) is 0.639. The summed E-state index contributed by atoms with van der Waals surface area (Å²) in [5.41, 5.74) is -0.546. The first-order chi connectivity index (χ1) is 11.3.